The molecule has 2 rings (SSSR count). The molecule has 112 valence electrons. The molecule has 0 amide bonds. The van der Waals surface area contributed by atoms with Gasteiger partial charge >= 0.3 is 0 Å². The van der Waals surface area contributed by atoms with Crippen molar-refractivity contribution in [1.82, 2.24) is 5.32 Å². The fourth-order valence-electron chi connectivity index (χ4n) is 3.83. The number of ether oxygens (including phenoxy) is 2. The molecule has 1 heterocycles. The smallest absolute Gasteiger partial charge is 0.0809 e. The lowest BCUT2D eigenvalue weighted by Crippen LogP contribution is -2.47. The second kappa shape index (κ2) is 7.05. The third kappa shape index (κ3) is 4.44. The molecular formula is C16H31NO2. The highest BCUT2D eigenvalue weighted by molar-refractivity contribution is 4.88. The van der Waals surface area contributed by atoms with Crippen molar-refractivity contribution in [1.29, 1.82) is 0 Å². The van der Waals surface area contributed by atoms with Gasteiger partial charge in [-0.2, -0.15) is 0 Å². The minimum absolute atomic E-state index is 0.0761. The van der Waals surface area contributed by atoms with E-state index in [0.29, 0.717) is 18.3 Å². The van der Waals surface area contributed by atoms with E-state index in [4.69, 9.17) is 9.47 Å². The number of likely N-dealkylation sites (N-methyl/N-ethyl adjacent to an activating group) is 1. The molecule has 2 atom stereocenters. The van der Waals surface area contributed by atoms with Crippen molar-refractivity contribution in [2.45, 2.75) is 89.1 Å². The molecule has 0 spiro atoms. The Hall–Kier alpha value is -0.120. The number of rotatable bonds is 4. The molecule has 1 saturated carbocycles. The lowest BCUT2D eigenvalue weighted by atomic mass is 9.92. The quantitative estimate of drug-likeness (QED) is 0.795. The maximum atomic E-state index is 6.64. The van der Waals surface area contributed by atoms with Gasteiger partial charge in [-0.1, -0.05) is 25.7 Å². The van der Waals surface area contributed by atoms with E-state index in [1.807, 2.05) is 7.05 Å². The molecule has 0 bridgehead atoms. The first-order valence-electron chi connectivity index (χ1n) is 8.11. The predicted octanol–water partition coefficient (Wildman–Crippen LogP) is 3.27. The lowest BCUT2D eigenvalue weighted by molar-refractivity contribution is -0.160. The van der Waals surface area contributed by atoms with Gasteiger partial charge in [0.25, 0.3) is 0 Å². The maximum absolute atomic E-state index is 6.64. The summed E-state index contributed by atoms with van der Waals surface area (Å²) < 4.78 is 12.5. The van der Waals surface area contributed by atoms with Crippen LogP contribution in [-0.4, -0.2) is 37.5 Å². The summed E-state index contributed by atoms with van der Waals surface area (Å²) in [7, 11) is 2.05. The van der Waals surface area contributed by atoms with Gasteiger partial charge in [0.1, 0.15) is 0 Å². The van der Waals surface area contributed by atoms with Gasteiger partial charge in [0.2, 0.25) is 0 Å². The molecule has 19 heavy (non-hydrogen) atoms. The highest BCUT2D eigenvalue weighted by Crippen LogP contribution is 2.34. The van der Waals surface area contributed by atoms with Crippen molar-refractivity contribution in [3.63, 3.8) is 0 Å². The molecule has 3 nitrogen and oxygen atoms in total. The van der Waals surface area contributed by atoms with Crippen LogP contribution in [0.15, 0.2) is 0 Å². The zero-order valence-electron chi connectivity index (χ0n) is 12.9. The van der Waals surface area contributed by atoms with Crippen molar-refractivity contribution in [2.75, 3.05) is 13.6 Å². The SMILES string of the molecule is CNCC1(OC2CC(C)OC(C)C2)CCCCCC1. The van der Waals surface area contributed by atoms with E-state index < -0.39 is 0 Å². The molecular weight excluding hydrogens is 238 g/mol. The molecule has 0 aromatic rings. The van der Waals surface area contributed by atoms with E-state index in [2.05, 4.69) is 19.2 Å². The van der Waals surface area contributed by atoms with Crippen LogP contribution in [-0.2, 0) is 9.47 Å². The van der Waals surface area contributed by atoms with Crippen LogP contribution < -0.4 is 5.32 Å². The van der Waals surface area contributed by atoms with E-state index in [1.54, 1.807) is 0 Å². The summed E-state index contributed by atoms with van der Waals surface area (Å²) in [6.07, 6.45) is 11.0. The minimum Gasteiger partial charge on any atom is -0.375 e. The van der Waals surface area contributed by atoms with Crippen LogP contribution in [0.5, 0.6) is 0 Å². The molecule has 0 aromatic heterocycles. The Morgan fingerprint density at radius 1 is 1.05 bits per heavy atom. The van der Waals surface area contributed by atoms with Crippen LogP contribution in [0.1, 0.15) is 65.2 Å². The van der Waals surface area contributed by atoms with Crippen molar-refractivity contribution >= 4 is 0 Å². The van der Waals surface area contributed by atoms with E-state index in [1.165, 1.54) is 38.5 Å². The Labute approximate surface area is 118 Å². The standard InChI is InChI=1S/C16H31NO2/c1-13-10-15(11-14(2)18-13)19-16(12-17-3)8-6-4-5-7-9-16/h13-15,17H,4-12H2,1-3H3. The monoisotopic (exact) mass is 269 g/mol. The van der Waals surface area contributed by atoms with Crippen molar-refractivity contribution < 1.29 is 9.47 Å². The average molecular weight is 269 g/mol. The summed E-state index contributed by atoms with van der Waals surface area (Å²) in [6.45, 7) is 5.33. The first-order valence-corrected chi connectivity index (χ1v) is 8.11. The molecule has 1 N–H and O–H groups in total. The highest BCUT2D eigenvalue weighted by atomic mass is 16.5. The number of nitrogens with one attached hydrogen (secondary N) is 1. The largest absolute Gasteiger partial charge is 0.375 e. The van der Waals surface area contributed by atoms with Crippen LogP contribution in [0.3, 0.4) is 0 Å². The van der Waals surface area contributed by atoms with Crippen molar-refractivity contribution in [3.05, 3.63) is 0 Å². The Morgan fingerprint density at radius 2 is 1.63 bits per heavy atom. The van der Waals surface area contributed by atoms with Crippen molar-refractivity contribution in [3.8, 4) is 0 Å². The van der Waals surface area contributed by atoms with Gasteiger partial charge in [0, 0.05) is 6.54 Å². The zero-order valence-corrected chi connectivity index (χ0v) is 12.9. The van der Waals surface area contributed by atoms with Crippen molar-refractivity contribution in [2.24, 2.45) is 0 Å². The summed E-state index contributed by atoms with van der Waals surface area (Å²) in [6, 6.07) is 0. The number of hydrogen-bond acceptors (Lipinski definition) is 3. The summed E-state index contributed by atoms with van der Waals surface area (Å²) in [4.78, 5) is 0. The Morgan fingerprint density at radius 3 is 2.16 bits per heavy atom. The Kier molecular flexibility index (Phi) is 5.67. The van der Waals surface area contributed by atoms with Crippen LogP contribution in [0.2, 0.25) is 0 Å². The van der Waals surface area contributed by atoms with E-state index in [9.17, 15) is 0 Å². The van der Waals surface area contributed by atoms with Gasteiger partial charge in [-0.15, -0.1) is 0 Å². The van der Waals surface area contributed by atoms with Gasteiger partial charge in [-0.05, 0) is 46.6 Å². The molecule has 3 heteroatoms. The second-order valence-corrected chi connectivity index (χ2v) is 6.60. The molecule has 2 aliphatic rings. The molecule has 1 aliphatic heterocycles. The minimum atomic E-state index is 0.0761. The first-order chi connectivity index (χ1) is 9.13. The molecule has 1 aliphatic carbocycles. The van der Waals surface area contributed by atoms with Gasteiger partial charge in [-0.3, -0.25) is 0 Å². The van der Waals surface area contributed by atoms with Gasteiger partial charge in [-0.25, -0.2) is 0 Å². The number of hydrogen-bond donors (Lipinski definition) is 1. The fourth-order valence-corrected chi connectivity index (χ4v) is 3.83. The van der Waals surface area contributed by atoms with Gasteiger partial charge in [0.15, 0.2) is 0 Å². The maximum Gasteiger partial charge on any atom is 0.0809 e. The normalized spacial score (nSPS) is 35.8. The first kappa shape index (κ1) is 15.3. The zero-order chi connectivity index (χ0) is 13.7. The summed E-state index contributed by atoms with van der Waals surface area (Å²) in [5, 5.41) is 3.36. The van der Waals surface area contributed by atoms with Crippen LogP contribution in [0, 0.1) is 0 Å². The fraction of sp³-hybridized carbons (Fsp3) is 1.00. The molecule has 0 radical (unpaired) electrons. The third-order valence-corrected chi connectivity index (χ3v) is 4.58. The van der Waals surface area contributed by atoms with E-state index in [0.717, 1.165) is 19.4 Å². The Bertz CT molecular complexity index is 251. The highest BCUT2D eigenvalue weighted by Gasteiger charge is 2.36. The molecule has 1 saturated heterocycles. The van der Waals surface area contributed by atoms with E-state index >= 15 is 0 Å². The summed E-state index contributed by atoms with van der Waals surface area (Å²) in [5.41, 5.74) is 0.0761. The van der Waals surface area contributed by atoms with E-state index in [-0.39, 0.29) is 5.60 Å². The summed E-state index contributed by atoms with van der Waals surface area (Å²) in [5.74, 6) is 0. The Balaban J connectivity index is 1.98. The third-order valence-electron chi connectivity index (χ3n) is 4.58. The molecule has 0 aromatic carbocycles. The molecule has 2 unspecified atom stereocenters. The lowest BCUT2D eigenvalue weighted by Gasteiger charge is -2.40. The molecule has 2 fully saturated rings. The second-order valence-electron chi connectivity index (χ2n) is 6.60. The topological polar surface area (TPSA) is 30.5 Å². The van der Waals surface area contributed by atoms with Crippen LogP contribution in [0.4, 0.5) is 0 Å². The average Bonchev–Trinajstić information content (AvgIpc) is 2.54. The predicted molar refractivity (Wildman–Crippen MR) is 78.5 cm³/mol. The van der Waals surface area contributed by atoms with Gasteiger partial charge in [0.05, 0.1) is 23.9 Å². The van der Waals surface area contributed by atoms with Crippen LogP contribution >= 0.6 is 0 Å². The van der Waals surface area contributed by atoms with Crippen LogP contribution in [0.25, 0.3) is 0 Å². The summed E-state index contributed by atoms with van der Waals surface area (Å²) >= 11 is 0. The van der Waals surface area contributed by atoms with Gasteiger partial charge < -0.3 is 14.8 Å².